The maximum Gasteiger partial charge on any atom is 0.0543 e. The van der Waals surface area contributed by atoms with E-state index >= 15 is 0 Å². The molecule has 1 N–H and O–H groups in total. The van der Waals surface area contributed by atoms with Crippen LogP contribution < -0.4 is 0 Å². The van der Waals surface area contributed by atoms with E-state index in [4.69, 9.17) is 0 Å². The van der Waals surface area contributed by atoms with Crippen LogP contribution in [0.2, 0.25) is 0 Å². The third-order valence-corrected chi connectivity index (χ3v) is 8.98. The van der Waals surface area contributed by atoms with Crippen molar-refractivity contribution in [2.45, 2.75) is 98.0 Å². The van der Waals surface area contributed by atoms with Crippen molar-refractivity contribution < 1.29 is 5.11 Å². The smallest absolute Gasteiger partial charge is 0.0543 e. The molecule has 1 nitrogen and oxygen atoms in total. The highest BCUT2D eigenvalue weighted by Gasteiger charge is 2.49. The maximum atomic E-state index is 10.2. The van der Waals surface area contributed by atoms with Crippen LogP contribution in [0.25, 0.3) is 0 Å². The van der Waals surface area contributed by atoms with Crippen LogP contribution in [0.1, 0.15) is 91.9 Å². The van der Waals surface area contributed by atoms with Crippen LogP contribution in [0.15, 0.2) is 12.2 Å². The van der Waals surface area contributed by atoms with Crippen molar-refractivity contribution in [1.82, 2.24) is 0 Å². The van der Waals surface area contributed by atoms with E-state index in [1.807, 2.05) is 0 Å². The Morgan fingerprint density at radius 3 is 2.29 bits per heavy atom. The summed E-state index contributed by atoms with van der Waals surface area (Å²) >= 11 is 0. The SMILES string of the molecule is C=C(C)C1CCC2CCCC3CC(O)CCC3(C)C(C)CCC21C. The minimum absolute atomic E-state index is 0.0391. The Morgan fingerprint density at radius 2 is 1.58 bits per heavy atom. The van der Waals surface area contributed by atoms with E-state index in [1.165, 1.54) is 56.9 Å². The summed E-state index contributed by atoms with van der Waals surface area (Å²) in [4.78, 5) is 0. The van der Waals surface area contributed by atoms with Gasteiger partial charge in [-0.2, -0.15) is 0 Å². The van der Waals surface area contributed by atoms with Gasteiger partial charge in [0.05, 0.1) is 6.10 Å². The van der Waals surface area contributed by atoms with Gasteiger partial charge in [0.25, 0.3) is 0 Å². The van der Waals surface area contributed by atoms with Crippen molar-refractivity contribution >= 4 is 0 Å². The van der Waals surface area contributed by atoms with Gasteiger partial charge in [-0.15, -0.1) is 0 Å². The lowest BCUT2D eigenvalue weighted by Crippen LogP contribution is -2.42. The first-order chi connectivity index (χ1) is 11.3. The normalized spacial score (nSPS) is 50.0. The van der Waals surface area contributed by atoms with E-state index in [2.05, 4.69) is 34.3 Å². The molecule has 7 atom stereocenters. The lowest BCUT2D eigenvalue weighted by molar-refractivity contribution is -0.0315. The molecule has 1 heteroatoms. The fourth-order valence-electron chi connectivity index (χ4n) is 6.94. The molecular formula is C23H40O. The molecule has 7 unspecified atom stereocenters. The van der Waals surface area contributed by atoms with Crippen LogP contribution in [0.5, 0.6) is 0 Å². The Labute approximate surface area is 150 Å². The number of aliphatic hydroxyl groups excluding tert-OH is 1. The number of hydrogen-bond acceptors (Lipinski definition) is 1. The second-order valence-electron chi connectivity index (χ2n) is 10.2. The number of rotatable bonds is 1. The fourth-order valence-corrected chi connectivity index (χ4v) is 6.94. The first kappa shape index (κ1) is 18.5. The first-order valence-corrected chi connectivity index (χ1v) is 10.6. The van der Waals surface area contributed by atoms with Crippen molar-refractivity contribution in [2.24, 2.45) is 34.5 Å². The van der Waals surface area contributed by atoms with E-state index in [-0.39, 0.29) is 6.10 Å². The molecule has 3 aliphatic carbocycles. The van der Waals surface area contributed by atoms with Crippen LogP contribution in [0.4, 0.5) is 0 Å². The van der Waals surface area contributed by atoms with Gasteiger partial charge in [0.2, 0.25) is 0 Å². The average molecular weight is 333 g/mol. The summed E-state index contributed by atoms with van der Waals surface area (Å²) in [5, 5.41) is 10.2. The Bertz CT molecular complexity index is 469. The Hall–Kier alpha value is -0.300. The van der Waals surface area contributed by atoms with Gasteiger partial charge >= 0.3 is 0 Å². The second kappa shape index (κ2) is 6.78. The highest BCUT2D eigenvalue weighted by molar-refractivity contribution is 5.10. The molecule has 0 amide bonds. The summed E-state index contributed by atoms with van der Waals surface area (Å²) in [5.41, 5.74) is 2.35. The summed E-state index contributed by atoms with van der Waals surface area (Å²) in [6.07, 6.45) is 12.9. The highest BCUT2D eigenvalue weighted by Crippen LogP contribution is 2.58. The van der Waals surface area contributed by atoms with Gasteiger partial charge < -0.3 is 5.11 Å². The van der Waals surface area contributed by atoms with E-state index in [0.29, 0.717) is 10.8 Å². The summed E-state index contributed by atoms with van der Waals surface area (Å²) in [5.74, 6) is 3.14. The van der Waals surface area contributed by atoms with E-state index in [9.17, 15) is 5.11 Å². The summed E-state index contributed by atoms with van der Waals surface area (Å²) in [6.45, 7) is 14.3. The van der Waals surface area contributed by atoms with Crippen molar-refractivity contribution in [2.75, 3.05) is 0 Å². The van der Waals surface area contributed by atoms with E-state index in [1.54, 1.807) is 0 Å². The van der Waals surface area contributed by atoms with Crippen LogP contribution >= 0.6 is 0 Å². The van der Waals surface area contributed by atoms with Crippen LogP contribution in [0, 0.1) is 34.5 Å². The zero-order valence-electron chi connectivity index (χ0n) is 16.6. The summed E-state index contributed by atoms with van der Waals surface area (Å²) < 4.78 is 0. The van der Waals surface area contributed by atoms with Crippen LogP contribution in [-0.4, -0.2) is 11.2 Å². The molecule has 0 aromatic heterocycles. The second-order valence-corrected chi connectivity index (χ2v) is 10.2. The van der Waals surface area contributed by atoms with Gasteiger partial charge in [0, 0.05) is 0 Å². The molecule has 0 saturated heterocycles. The number of allylic oxidation sites excluding steroid dienone is 1. The lowest BCUT2D eigenvalue weighted by atomic mass is 9.56. The molecular weight excluding hydrogens is 292 g/mol. The molecule has 0 aliphatic heterocycles. The quantitative estimate of drug-likeness (QED) is 0.554. The molecule has 3 saturated carbocycles. The maximum absolute atomic E-state index is 10.2. The average Bonchev–Trinajstić information content (AvgIpc) is 2.85. The summed E-state index contributed by atoms with van der Waals surface area (Å²) in [7, 11) is 0. The molecule has 0 spiro atoms. The van der Waals surface area contributed by atoms with Crippen molar-refractivity contribution in [3.63, 3.8) is 0 Å². The molecule has 3 fully saturated rings. The number of hydrogen-bond donors (Lipinski definition) is 1. The molecule has 0 aromatic carbocycles. The largest absolute Gasteiger partial charge is 0.393 e. The van der Waals surface area contributed by atoms with Crippen LogP contribution in [-0.2, 0) is 0 Å². The Balaban J connectivity index is 1.82. The van der Waals surface area contributed by atoms with E-state index in [0.717, 1.165) is 36.5 Å². The molecule has 3 rings (SSSR count). The van der Waals surface area contributed by atoms with Crippen molar-refractivity contribution in [3.05, 3.63) is 12.2 Å². The van der Waals surface area contributed by atoms with E-state index < -0.39 is 0 Å². The zero-order chi connectivity index (χ0) is 17.5. The third kappa shape index (κ3) is 3.11. The fraction of sp³-hybridized carbons (Fsp3) is 0.913. The zero-order valence-corrected chi connectivity index (χ0v) is 16.6. The standard InChI is InChI=1S/C23H40O/c1-16(2)21-10-9-18-7-6-8-19-15-20(24)12-14-22(19,4)17(3)11-13-23(18,21)5/h17-21,24H,1,6-15H2,2-5H3. The van der Waals surface area contributed by atoms with Crippen molar-refractivity contribution in [1.29, 1.82) is 0 Å². The van der Waals surface area contributed by atoms with Gasteiger partial charge in [-0.1, -0.05) is 39.3 Å². The van der Waals surface area contributed by atoms with Gasteiger partial charge in [-0.05, 0) is 99.2 Å². The molecule has 0 radical (unpaired) electrons. The summed E-state index contributed by atoms with van der Waals surface area (Å²) in [6, 6.07) is 0. The lowest BCUT2D eigenvalue weighted by Gasteiger charge is -2.50. The monoisotopic (exact) mass is 332 g/mol. The number of fused-ring (bicyclic) bond motifs is 2. The minimum atomic E-state index is -0.0391. The number of aliphatic hydroxyl groups is 1. The Morgan fingerprint density at radius 1 is 0.917 bits per heavy atom. The molecule has 3 aliphatic rings. The van der Waals surface area contributed by atoms with Gasteiger partial charge in [-0.3, -0.25) is 0 Å². The van der Waals surface area contributed by atoms with Crippen molar-refractivity contribution in [3.8, 4) is 0 Å². The predicted octanol–water partition coefficient (Wildman–Crippen LogP) is 6.36. The molecule has 0 bridgehead atoms. The molecule has 24 heavy (non-hydrogen) atoms. The van der Waals surface area contributed by atoms with Crippen LogP contribution in [0.3, 0.4) is 0 Å². The topological polar surface area (TPSA) is 20.2 Å². The third-order valence-electron chi connectivity index (χ3n) is 8.98. The van der Waals surface area contributed by atoms with Gasteiger partial charge in [0.15, 0.2) is 0 Å². The molecule has 138 valence electrons. The first-order valence-electron chi connectivity index (χ1n) is 10.6. The van der Waals surface area contributed by atoms with Gasteiger partial charge in [0.1, 0.15) is 0 Å². The predicted molar refractivity (Wildman–Crippen MR) is 103 cm³/mol. The van der Waals surface area contributed by atoms with Gasteiger partial charge in [-0.25, -0.2) is 0 Å². The molecule has 0 aromatic rings. The molecule has 0 heterocycles. The Kier molecular flexibility index (Phi) is 5.23. The minimum Gasteiger partial charge on any atom is -0.393 e. The highest BCUT2D eigenvalue weighted by atomic mass is 16.3.